The van der Waals surface area contributed by atoms with E-state index in [4.69, 9.17) is 0 Å². The first-order valence-corrected chi connectivity index (χ1v) is 9.11. The number of carbonyl (C=O) groups excluding carboxylic acids is 2. The molecule has 0 atom stereocenters. The Morgan fingerprint density at radius 1 is 1.20 bits per heavy atom. The number of piperidine rings is 1. The summed E-state index contributed by atoms with van der Waals surface area (Å²) in [5, 5.41) is 2.45. The SMILES string of the molecule is CCN1CCC(N(C(=O)c2ccc(F)c(NC(C)=O)c2)C2CC2)CC1. The number of nitrogens with one attached hydrogen (secondary N) is 1. The van der Waals surface area contributed by atoms with Crippen molar-refractivity contribution in [1.29, 1.82) is 0 Å². The highest BCUT2D eigenvalue weighted by atomic mass is 19.1. The topological polar surface area (TPSA) is 52.6 Å². The summed E-state index contributed by atoms with van der Waals surface area (Å²) in [6.07, 6.45) is 4.05. The van der Waals surface area contributed by atoms with Crippen molar-refractivity contribution in [1.82, 2.24) is 9.80 Å². The van der Waals surface area contributed by atoms with E-state index in [1.165, 1.54) is 25.1 Å². The van der Waals surface area contributed by atoms with Crippen LogP contribution in [0.15, 0.2) is 18.2 Å². The molecule has 1 aromatic carbocycles. The molecule has 2 amide bonds. The average Bonchev–Trinajstić information content (AvgIpc) is 3.42. The number of benzene rings is 1. The second kappa shape index (κ2) is 7.52. The van der Waals surface area contributed by atoms with Gasteiger partial charge < -0.3 is 15.1 Å². The molecule has 25 heavy (non-hydrogen) atoms. The van der Waals surface area contributed by atoms with Crippen LogP contribution in [0.4, 0.5) is 10.1 Å². The third-order valence-corrected chi connectivity index (χ3v) is 5.10. The monoisotopic (exact) mass is 347 g/mol. The van der Waals surface area contributed by atoms with E-state index < -0.39 is 5.82 Å². The molecule has 3 rings (SSSR count). The molecule has 1 aliphatic carbocycles. The molecule has 2 aliphatic rings. The Morgan fingerprint density at radius 3 is 2.40 bits per heavy atom. The maximum atomic E-state index is 13.9. The van der Waals surface area contributed by atoms with Crippen molar-refractivity contribution in [3.8, 4) is 0 Å². The average molecular weight is 347 g/mol. The van der Waals surface area contributed by atoms with E-state index in [-0.39, 0.29) is 23.5 Å². The number of amides is 2. The lowest BCUT2D eigenvalue weighted by atomic mass is 10.0. The summed E-state index contributed by atoms with van der Waals surface area (Å²) < 4.78 is 13.9. The first-order chi connectivity index (χ1) is 12.0. The van der Waals surface area contributed by atoms with Crippen LogP contribution in [0.1, 0.15) is 49.9 Å². The van der Waals surface area contributed by atoms with Gasteiger partial charge in [0.2, 0.25) is 5.91 Å². The van der Waals surface area contributed by atoms with E-state index in [2.05, 4.69) is 17.1 Å². The van der Waals surface area contributed by atoms with E-state index >= 15 is 0 Å². The Bertz CT molecular complexity index is 652. The molecule has 0 aromatic heterocycles. The van der Waals surface area contributed by atoms with Gasteiger partial charge in [-0.2, -0.15) is 0 Å². The lowest BCUT2D eigenvalue weighted by Gasteiger charge is -2.38. The number of likely N-dealkylation sites (tertiary alicyclic amines) is 1. The summed E-state index contributed by atoms with van der Waals surface area (Å²) in [6, 6.07) is 4.77. The molecule has 1 saturated carbocycles. The molecule has 1 N–H and O–H groups in total. The molecule has 6 heteroatoms. The second-order valence-corrected chi connectivity index (χ2v) is 6.98. The van der Waals surface area contributed by atoms with Gasteiger partial charge in [-0.1, -0.05) is 6.92 Å². The van der Waals surface area contributed by atoms with Crippen LogP contribution >= 0.6 is 0 Å². The van der Waals surface area contributed by atoms with Crippen LogP contribution in [0.3, 0.4) is 0 Å². The molecule has 0 spiro atoms. The maximum absolute atomic E-state index is 13.9. The Balaban J connectivity index is 1.78. The van der Waals surface area contributed by atoms with E-state index in [0.29, 0.717) is 11.6 Å². The smallest absolute Gasteiger partial charge is 0.254 e. The fraction of sp³-hybridized carbons (Fsp3) is 0.579. The van der Waals surface area contributed by atoms with Gasteiger partial charge in [0.15, 0.2) is 0 Å². The molecule has 1 saturated heterocycles. The van der Waals surface area contributed by atoms with E-state index in [1.54, 1.807) is 0 Å². The summed E-state index contributed by atoms with van der Waals surface area (Å²) >= 11 is 0. The Hall–Kier alpha value is -1.95. The molecular weight excluding hydrogens is 321 g/mol. The van der Waals surface area contributed by atoms with Crippen LogP contribution in [0.5, 0.6) is 0 Å². The number of hydrogen-bond donors (Lipinski definition) is 1. The third kappa shape index (κ3) is 4.18. The van der Waals surface area contributed by atoms with Crippen molar-refractivity contribution in [3.63, 3.8) is 0 Å². The maximum Gasteiger partial charge on any atom is 0.254 e. The van der Waals surface area contributed by atoms with Crippen LogP contribution in [-0.2, 0) is 4.79 Å². The Kier molecular flexibility index (Phi) is 5.37. The minimum atomic E-state index is -0.527. The van der Waals surface area contributed by atoms with Crippen LogP contribution in [0.2, 0.25) is 0 Å². The normalized spacial score (nSPS) is 18.8. The highest BCUT2D eigenvalue weighted by molar-refractivity contribution is 5.97. The molecule has 136 valence electrons. The standard InChI is InChI=1S/C19H26FN3O2/c1-3-22-10-8-16(9-11-22)23(15-5-6-15)19(25)14-4-7-17(20)18(12-14)21-13(2)24/h4,7,12,15-16H,3,5-6,8-11H2,1-2H3,(H,21,24). The van der Waals surface area contributed by atoms with Gasteiger partial charge in [0, 0.05) is 37.7 Å². The fourth-order valence-corrected chi connectivity index (χ4v) is 3.59. The van der Waals surface area contributed by atoms with Gasteiger partial charge in [-0.15, -0.1) is 0 Å². The van der Waals surface area contributed by atoms with Gasteiger partial charge in [0.05, 0.1) is 5.69 Å². The van der Waals surface area contributed by atoms with E-state index in [0.717, 1.165) is 45.3 Å². The van der Waals surface area contributed by atoms with Crippen LogP contribution in [0, 0.1) is 5.82 Å². The summed E-state index contributed by atoms with van der Waals surface area (Å²) in [7, 11) is 0. The molecule has 0 bridgehead atoms. The third-order valence-electron chi connectivity index (χ3n) is 5.10. The van der Waals surface area contributed by atoms with Crippen molar-refractivity contribution >= 4 is 17.5 Å². The van der Waals surface area contributed by atoms with E-state index in [9.17, 15) is 14.0 Å². The lowest BCUT2D eigenvalue weighted by Crippen LogP contribution is -2.48. The number of anilines is 1. The first-order valence-electron chi connectivity index (χ1n) is 9.11. The number of carbonyl (C=O) groups is 2. The summed E-state index contributed by atoms with van der Waals surface area (Å²) in [5.41, 5.74) is 0.505. The molecule has 1 heterocycles. The minimum Gasteiger partial charge on any atom is -0.333 e. The zero-order valence-corrected chi connectivity index (χ0v) is 14.9. The first kappa shape index (κ1) is 17.9. The van der Waals surface area contributed by atoms with Crippen molar-refractivity contribution < 1.29 is 14.0 Å². The van der Waals surface area contributed by atoms with Gasteiger partial charge in [-0.25, -0.2) is 4.39 Å². The van der Waals surface area contributed by atoms with Gasteiger partial charge in [0.1, 0.15) is 5.82 Å². The number of halogens is 1. The Morgan fingerprint density at radius 2 is 1.84 bits per heavy atom. The van der Waals surface area contributed by atoms with Crippen molar-refractivity contribution in [2.75, 3.05) is 25.0 Å². The Labute approximate surface area is 148 Å². The summed E-state index contributed by atoms with van der Waals surface area (Å²) in [5.74, 6) is -0.931. The number of hydrogen-bond acceptors (Lipinski definition) is 3. The summed E-state index contributed by atoms with van der Waals surface area (Å²) in [6.45, 7) is 6.55. The van der Waals surface area contributed by atoms with Gasteiger partial charge in [-0.05, 0) is 50.4 Å². The van der Waals surface area contributed by atoms with Crippen molar-refractivity contribution in [2.24, 2.45) is 0 Å². The lowest BCUT2D eigenvalue weighted by molar-refractivity contribution is -0.114. The van der Waals surface area contributed by atoms with Gasteiger partial charge in [-0.3, -0.25) is 9.59 Å². The molecular formula is C19H26FN3O2. The molecule has 2 fully saturated rings. The largest absolute Gasteiger partial charge is 0.333 e. The highest BCUT2D eigenvalue weighted by Crippen LogP contribution is 2.33. The number of nitrogens with zero attached hydrogens (tertiary/aromatic N) is 2. The van der Waals surface area contributed by atoms with Gasteiger partial charge >= 0.3 is 0 Å². The predicted molar refractivity (Wildman–Crippen MR) is 95.0 cm³/mol. The molecule has 1 aromatic rings. The summed E-state index contributed by atoms with van der Waals surface area (Å²) in [4.78, 5) is 28.7. The van der Waals surface area contributed by atoms with Crippen molar-refractivity contribution in [2.45, 2.75) is 51.6 Å². The minimum absolute atomic E-state index is 0.0518. The molecule has 0 unspecified atom stereocenters. The van der Waals surface area contributed by atoms with Crippen LogP contribution < -0.4 is 5.32 Å². The zero-order chi connectivity index (χ0) is 18.0. The molecule has 0 radical (unpaired) electrons. The zero-order valence-electron chi connectivity index (χ0n) is 14.9. The predicted octanol–water partition coefficient (Wildman–Crippen LogP) is 2.87. The quantitative estimate of drug-likeness (QED) is 0.891. The second-order valence-electron chi connectivity index (χ2n) is 6.98. The highest BCUT2D eigenvalue weighted by Gasteiger charge is 2.38. The fourth-order valence-electron chi connectivity index (χ4n) is 3.59. The van der Waals surface area contributed by atoms with Crippen molar-refractivity contribution in [3.05, 3.63) is 29.6 Å². The van der Waals surface area contributed by atoms with E-state index in [1.807, 2.05) is 4.90 Å². The molecule has 1 aliphatic heterocycles. The van der Waals surface area contributed by atoms with Crippen LogP contribution in [-0.4, -0.2) is 53.3 Å². The number of rotatable bonds is 5. The van der Waals surface area contributed by atoms with Crippen LogP contribution in [0.25, 0.3) is 0 Å². The van der Waals surface area contributed by atoms with Gasteiger partial charge in [0.25, 0.3) is 5.91 Å². The molecule has 5 nitrogen and oxygen atoms in total.